The molecule has 0 aliphatic carbocycles. The van der Waals surface area contributed by atoms with Gasteiger partial charge in [-0.25, -0.2) is 8.42 Å². The summed E-state index contributed by atoms with van der Waals surface area (Å²) in [6, 6.07) is 6.77. The molecule has 2 aliphatic rings. The van der Waals surface area contributed by atoms with Gasteiger partial charge >= 0.3 is 0 Å². The number of hydrogen-bond donors (Lipinski definition) is 0. The molecule has 3 atom stereocenters. The summed E-state index contributed by atoms with van der Waals surface area (Å²) >= 11 is 0. The SMILES string of the molecule is COc1ccc(S(=O)(=O)N2CCN([C@H](C)C(=O)N3[C@@H](C)CCC[C@@H]3C)CC2)cc1. The molecule has 2 saturated heterocycles. The van der Waals surface area contributed by atoms with Gasteiger partial charge in [0.1, 0.15) is 5.75 Å². The molecule has 0 aromatic heterocycles. The number of carbonyl (C=O) groups is 1. The van der Waals surface area contributed by atoms with Crippen LogP contribution in [0.1, 0.15) is 40.0 Å². The number of carbonyl (C=O) groups excluding carboxylic acids is 1. The van der Waals surface area contributed by atoms with Crippen molar-refractivity contribution in [2.45, 2.75) is 63.1 Å². The Morgan fingerprint density at radius 3 is 2.10 bits per heavy atom. The van der Waals surface area contributed by atoms with E-state index in [1.54, 1.807) is 31.4 Å². The largest absolute Gasteiger partial charge is 0.497 e. The van der Waals surface area contributed by atoms with Crippen molar-refractivity contribution < 1.29 is 17.9 Å². The summed E-state index contributed by atoms with van der Waals surface area (Å²) in [5.41, 5.74) is 0. The van der Waals surface area contributed by atoms with Crippen molar-refractivity contribution in [3.05, 3.63) is 24.3 Å². The third kappa shape index (κ3) is 4.59. The molecule has 7 nitrogen and oxygen atoms in total. The lowest BCUT2D eigenvalue weighted by Gasteiger charge is -2.43. The van der Waals surface area contributed by atoms with Crippen molar-refractivity contribution in [3.8, 4) is 5.75 Å². The first-order chi connectivity index (χ1) is 13.8. The summed E-state index contributed by atoms with van der Waals surface area (Å²) in [5.74, 6) is 0.790. The summed E-state index contributed by atoms with van der Waals surface area (Å²) in [7, 11) is -1.99. The van der Waals surface area contributed by atoms with Gasteiger partial charge in [0, 0.05) is 38.3 Å². The fourth-order valence-electron chi connectivity index (χ4n) is 4.46. The van der Waals surface area contributed by atoms with E-state index >= 15 is 0 Å². The molecule has 29 heavy (non-hydrogen) atoms. The van der Waals surface area contributed by atoms with E-state index in [0.717, 1.165) is 12.8 Å². The molecule has 0 N–H and O–H groups in total. The Bertz CT molecular complexity index is 794. The topological polar surface area (TPSA) is 70.2 Å². The zero-order valence-electron chi connectivity index (χ0n) is 17.9. The molecule has 0 radical (unpaired) electrons. The van der Waals surface area contributed by atoms with E-state index in [4.69, 9.17) is 4.74 Å². The van der Waals surface area contributed by atoms with E-state index in [-0.39, 0.29) is 28.9 Å². The van der Waals surface area contributed by atoms with Gasteiger partial charge in [-0.1, -0.05) is 0 Å². The molecule has 8 heteroatoms. The van der Waals surface area contributed by atoms with Crippen LogP contribution in [0.15, 0.2) is 29.2 Å². The predicted molar refractivity (Wildman–Crippen MR) is 112 cm³/mol. The van der Waals surface area contributed by atoms with Crippen LogP contribution < -0.4 is 4.74 Å². The number of benzene rings is 1. The van der Waals surface area contributed by atoms with Gasteiger partial charge in [0.05, 0.1) is 18.0 Å². The summed E-state index contributed by atoms with van der Waals surface area (Å²) in [6.07, 6.45) is 3.27. The summed E-state index contributed by atoms with van der Waals surface area (Å²) in [4.78, 5) is 17.5. The van der Waals surface area contributed by atoms with E-state index in [9.17, 15) is 13.2 Å². The van der Waals surface area contributed by atoms with E-state index in [1.165, 1.54) is 10.7 Å². The number of nitrogens with zero attached hydrogens (tertiary/aromatic N) is 3. The van der Waals surface area contributed by atoms with Crippen LogP contribution in [-0.4, -0.2) is 79.8 Å². The first-order valence-electron chi connectivity index (χ1n) is 10.5. The average molecular weight is 424 g/mol. The monoisotopic (exact) mass is 423 g/mol. The Balaban J connectivity index is 1.62. The molecule has 2 heterocycles. The molecule has 1 aromatic carbocycles. The first kappa shape index (κ1) is 22.1. The Kier molecular flexibility index (Phi) is 6.86. The molecule has 162 valence electrons. The highest BCUT2D eigenvalue weighted by Gasteiger charge is 2.36. The Labute approximate surface area is 174 Å². The quantitative estimate of drug-likeness (QED) is 0.726. The molecule has 0 unspecified atom stereocenters. The van der Waals surface area contributed by atoms with E-state index in [0.29, 0.717) is 31.9 Å². The second-order valence-corrected chi connectivity index (χ2v) is 10.1. The molecule has 0 spiro atoms. The smallest absolute Gasteiger partial charge is 0.243 e. The number of methoxy groups -OCH3 is 1. The van der Waals surface area contributed by atoms with Gasteiger partial charge in [-0.05, 0) is 64.3 Å². The first-order valence-corrected chi connectivity index (χ1v) is 11.9. The molecular weight excluding hydrogens is 390 g/mol. The summed E-state index contributed by atoms with van der Waals surface area (Å²) in [6.45, 7) is 8.08. The standard InChI is InChI=1S/C21H33N3O4S/c1-16-6-5-7-17(2)24(16)21(25)18(3)22-12-14-23(15-13-22)29(26,27)20-10-8-19(28-4)9-11-20/h8-11,16-18H,5-7,12-15H2,1-4H3/t16-,17-,18+/m0/s1. The number of piperidine rings is 1. The van der Waals surface area contributed by atoms with Crippen LogP contribution in [0.3, 0.4) is 0 Å². The Morgan fingerprint density at radius 1 is 1.03 bits per heavy atom. The Hall–Kier alpha value is -1.64. The van der Waals surface area contributed by atoms with Gasteiger partial charge in [0.25, 0.3) is 0 Å². The molecule has 1 aromatic rings. The normalized spacial score (nSPS) is 25.6. The minimum absolute atomic E-state index is 0.163. The zero-order chi connectivity index (χ0) is 21.2. The molecular formula is C21H33N3O4S. The zero-order valence-corrected chi connectivity index (χ0v) is 18.7. The molecule has 3 rings (SSSR count). The Morgan fingerprint density at radius 2 is 1.59 bits per heavy atom. The van der Waals surface area contributed by atoms with Crippen molar-refractivity contribution in [3.63, 3.8) is 0 Å². The lowest BCUT2D eigenvalue weighted by molar-refractivity contribution is -0.143. The maximum atomic E-state index is 13.1. The minimum atomic E-state index is -3.54. The second kappa shape index (κ2) is 9.02. The third-order valence-electron chi connectivity index (χ3n) is 6.32. The van der Waals surface area contributed by atoms with Crippen molar-refractivity contribution in [2.24, 2.45) is 0 Å². The molecule has 0 bridgehead atoms. The fraction of sp³-hybridized carbons (Fsp3) is 0.667. The summed E-state index contributed by atoms with van der Waals surface area (Å²) in [5, 5.41) is 0. The lowest BCUT2D eigenvalue weighted by Crippen LogP contribution is -2.58. The molecule has 2 fully saturated rings. The number of amides is 1. The molecule has 0 saturated carbocycles. The van der Waals surface area contributed by atoms with Crippen molar-refractivity contribution in [1.82, 2.24) is 14.1 Å². The number of sulfonamides is 1. The van der Waals surface area contributed by atoms with Gasteiger partial charge in [-0.15, -0.1) is 0 Å². The predicted octanol–water partition coefficient (Wildman–Crippen LogP) is 2.18. The van der Waals surface area contributed by atoms with Gasteiger partial charge in [-0.2, -0.15) is 4.31 Å². The van der Waals surface area contributed by atoms with Crippen LogP contribution in [0.2, 0.25) is 0 Å². The summed E-state index contributed by atoms with van der Waals surface area (Å²) < 4.78 is 32.5. The van der Waals surface area contributed by atoms with Crippen LogP contribution >= 0.6 is 0 Å². The van der Waals surface area contributed by atoms with Gasteiger partial charge in [0.15, 0.2) is 0 Å². The number of piperazine rings is 1. The lowest BCUT2D eigenvalue weighted by atomic mass is 9.96. The van der Waals surface area contributed by atoms with Crippen molar-refractivity contribution in [2.75, 3.05) is 33.3 Å². The second-order valence-electron chi connectivity index (χ2n) is 8.17. The third-order valence-corrected chi connectivity index (χ3v) is 8.24. The molecule has 1 amide bonds. The van der Waals surface area contributed by atoms with E-state index in [1.807, 2.05) is 11.8 Å². The highest BCUT2D eigenvalue weighted by Crippen LogP contribution is 2.25. The van der Waals surface area contributed by atoms with E-state index in [2.05, 4.69) is 18.7 Å². The van der Waals surface area contributed by atoms with Crippen LogP contribution in [0.25, 0.3) is 0 Å². The van der Waals surface area contributed by atoms with Gasteiger partial charge < -0.3 is 9.64 Å². The maximum Gasteiger partial charge on any atom is 0.243 e. The van der Waals surface area contributed by atoms with E-state index < -0.39 is 10.0 Å². The number of hydrogen-bond acceptors (Lipinski definition) is 5. The van der Waals surface area contributed by atoms with Gasteiger partial charge in [-0.3, -0.25) is 9.69 Å². The van der Waals surface area contributed by atoms with Crippen molar-refractivity contribution >= 4 is 15.9 Å². The van der Waals surface area contributed by atoms with Crippen molar-refractivity contribution in [1.29, 1.82) is 0 Å². The maximum absolute atomic E-state index is 13.1. The van der Waals surface area contributed by atoms with Crippen LogP contribution in [0, 0.1) is 0 Å². The highest BCUT2D eigenvalue weighted by atomic mass is 32.2. The minimum Gasteiger partial charge on any atom is -0.497 e. The average Bonchev–Trinajstić information content (AvgIpc) is 2.73. The van der Waals surface area contributed by atoms with Crippen LogP contribution in [-0.2, 0) is 14.8 Å². The van der Waals surface area contributed by atoms with Crippen LogP contribution in [0.4, 0.5) is 0 Å². The number of rotatable bonds is 5. The van der Waals surface area contributed by atoms with Crippen LogP contribution in [0.5, 0.6) is 5.75 Å². The highest BCUT2D eigenvalue weighted by molar-refractivity contribution is 7.89. The number of likely N-dealkylation sites (tertiary alicyclic amines) is 1. The fourth-order valence-corrected chi connectivity index (χ4v) is 5.88. The molecule has 2 aliphatic heterocycles. The number of ether oxygens (including phenoxy) is 1. The van der Waals surface area contributed by atoms with Gasteiger partial charge in [0.2, 0.25) is 15.9 Å².